The van der Waals surface area contributed by atoms with E-state index in [-0.39, 0.29) is 0 Å². The predicted molar refractivity (Wildman–Crippen MR) is 32.9 cm³/mol. The second-order valence-corrected chi connectivity index (χ2v) is 2.36. The molecule has 1 heterocycles. The first-order valence-corrected chi connectivity index (χ1v) is 3.29. The third-order valence-electron chi connectivity index (χ3n) is 0.843. The summed E-state index contributed by atoms with van der Waals surface area (Å²) in [5, 5.41) is 8.56. The molecule has 56 valence electrons. The van der Waals surface area contributed by atoms with Gasteiger partial charge in [-0.15, -0.1) is 0 Å². The molecule has 0 radical (unpaired) electrons. The number of aromatic nitrogens is 2. The first-order valence-electron chi connectivity index (χ1n) is 2.23. The van der Waals surface area contributed by atoms with Crippen LogP contribution in [0.2, 0.25) is 0 Å². The van der Waals surface area contributed by atoms with E-state index in [1.54, 1.807) is 0 Å². The van der Waals surface area contributed by atoms with Crippen molar-refractivity contribution in [3.63, 3.8) is 0 Å². The number of H-pyrrole nitrogens is 1. The third kappa shape index (κ3) is 1.09. The lowest BCUT2D eigenvalue weighted by Crippen LogP contribution is -2.18. The van der Waals surface area contributed by atoms with Crippen LogP contribution in [0.25, 0.3) is 0 Å². The molecule has 1 atom stereocenters. The highest BCUT2D eigenvalue weighted by Crippen LogP contribution is 1.96. The molecule has 1 rings (SSSR count). The Morgan fingerprint density at radius 3 is 2.50 bits per heavy atom. The molecule has 0 saturated carbocycles. The van der Waals surface area contributed by atoms with Crippen molar-refractivity contribution in [2.75, 3.05) is 0 Å². The van der Waals surface area contributed by atoms with Crippen LogP contribution in [0.3, 0.4) is 0 Å². The highest BCUT2D eigenvalue weighted by molar-refractivity contribution is 7.77. The van der Waals surface area contributed by atoms with Gasteiger partial charge in [0.1, 0.15) is 0 Å². The Morgan fingerprint density at radius 1 is 1.70 bits per heavy atom. The molecule has 0 aliphatic carbocycles. The largest absolute Gasteiger partial charge is 0.493 e. The van der Waals surface area contributed by atoms with E-state index in [9.17, 15) is 9.00 Å². The lowest BCUT2D eigenvalue weighted by atomic mass is 10.9. The number of aromatic amines is 1. The molecule has 0 saturated heterocycles. The molecular weight excluding hydrogens is 160 g/mol. The van der Waals surface area contributed by atoms with Gasteiger partial charge in [-0.3, -0.25) is 9.54 Å². The molecule has 0 aromatic carbocycles. The second-order valence-electron chi connectivity index (χ2n) is 1.50. The van der Waals surface area contributed by atoms with Gasteiger partial charge in [-0.2, -0.15) is 3.97 Å². The van der Waals surface area contributed by atoms with E-state index in [1.807, 2.05) is 4.98 Å². The van der Waals surface area contributed by atoms with Crippen molar-refractivity contribution < 1.29 is 13.9 Å². The van der Waals surface area contributed by atoms with Gasteiger partial charge in [-0.05, 0) is 0 Å². The van der Waals surface area contributed by atoms with Crippen LogP contribution in [0.15, 0.2) is 11.0 Å². The molecule has 1 unspecified atom stereocenters. The van der Waals surface area contributed by atoms with Crippen molar-refractivity contribution in [2.24, 2.45) is 0 Å². The first-order chi connectivity index (χ1) is 4.61. The van der Waals surface area contributed by atoms with E-state index < -0.39 is 22.8 Å². The van der Waals surface area contributed by atoms with Crippen molar-refractivity contribution in [3.05, 3.63) is 16.7 Å². The quantitative estimate of drug-likeness (QED) is 0.457. The van der Waals surface area contributed by atoms with E-state index in [1.165, 1.54) is 0 Å². The van der Waals surface area contributed by atoms with Crippen LogP contribution in [0.1, 0.15) is 0 Å². The molecule has 6 nitrogen and oxygen atoms in total. The molecular formula is C3H4N2O4S. The van der Waals surface area contributed by atoms with Gasteiger partial charge in [-0.1, -0.05) is 0 Å². The molecule has 10 heavy (non-hydrogen) atoms. The van der Waals surface area contributed by atoms with E-state index in [2.05, 4.69) is 0 Å². The van der Waals surface area contributed by atoms with Crippen LogP contribution in [0, 0.1) is 0 Å². The molecule has 1 aromatic rings. The average molecular weight is 164 g/mol. The van der Waals surface area contributed by atoms with Crippen molar-refractivity contribution in [3.8, 4) is 5.88 Å². The van der Waals surface area contributed by atoms with Gasteiger partial charge in [0, 0.05) is 0 Å². The van der Waals surface area contributed by atoms with Gasteiger partial charge in [0.15, 0.2) is 0 Å². The van der Waals surface area contributed by atoms with Gasteiger partial charge in [0.2, 0.25) is 5.88 Å². The Kier molecular flexibility index (Phi) is 1.60. The molecule has 0 aliphatic rings. The Morgan fingerprint density at radius 2 is 2.30 bits per heavy atom. The normalized spacial score (nSPS) is 13.3. The Labute approximate surface area is 57.5 Å². The van der Waals surface area contributed by atoms with E-state index in [4.69, 9.17) is 9.66 Å². The molecule has 1 aromatic heterocycles. The molecule has 0 spiro atoms. The maximum absolute atomic E-state index is 10.5. The Balaban J connectivity index is 3.29. The summed E-state index contributed by atoms with van der Waals surface area (Å²) in [7, 11) is 0. The zero-order valence-electron chi connectivity index (χ0n) is 4.64. The van der Waals surface area contributed by atoms with Crippen molar-refractivity contribution >= 4 is 11.3 Å². The van der Waals surface area contributed by atoms with Crippen LogP contribution in [0.5, 0.6) is 5.88 Å². The number of hydrogen-bond acceptors (Lipinski definition) is 3. The number of imidazole rings is 1. The number of nitrogens with one attached hydrogen (secondary N) is 1. The van der Waals surface area contributed by atoms with Gasteiger partial charge in [-0.25, -0.2) is 9.00 Å². The zero-order chi connectivity index (χ0) is 7.72. The fourth-order valence-electron chi connectivity index (χ4n) is 0.483. The van der Waals surface area contributed by atoms with Crippen molar-refractivity contribution in [2.45, 2.75) is 0 Å². The maximum Gasteiger partial charge on any atom is 0.342 e. The van der Waals surface area contributed by atoms with E-state index in [0.29, 0.717) is 3.97 Å². The summed E-state index contributed by atoms with van der Waals surface area (Å²) in [6.45, 7) is 0. The molecule has 0 bridgehead atoms. The van der Waals surface area contributed by atoms with E-state index in [0.717, 1.165) is 6.20 Å². The summed E-state index contributed by atoms with van der Waals surface area (Å²) in [6, 6.07) is 0. The Bertz CT molecular complexity index is 313. The molecule has 0 fully saturated rings. The lowest BCUT2D eigenvalue weighted by Gasteiger charge is -1.86. The minimum absolute atomic E-state index is 0.438. The topological polar surface area (TPSA) is 95.3 Å². The average Bonchev–Trinajstić information content (AvgIpc) is 2.10. The van der Waals surface area contributed by atoms with Gasteiger partial charge >= 0.3 is 5.69 Å². The van der Waals surface area contributed by atoms with Gasteiger partial charge in [0.25, 0.3) is 11.3 Å². The summed E-state index contributed by atoms with van der Waals surface area (Å²) in [6.07, 6.45) is 0.832. The standard InChI is InChI=1S/C3H4N2O4S/c6-2-1-5(10(8)9)3(7)4-2/h1,6H,(H,4,7)(H,8,9). The third-order valence-corrected chi connectivity index (χ3v) is 1.45. The maximum atomic E-state index is 10.5. The Hall–Kier alpha value is -1.08. The number of aromatic hydroxyl groups is 1. The monoisotopic (exact) mass is 164 g/mol. The van der Waals surface area contributed by atoms with Crippen LogP contribution in [0.4, 0.5) is 0 Å². The fourth-order valence-corrected chi connectivity index (χ4v) is 0.860. The second kappa shape index (κ2) is 2.27. The van der Waals surface area contributed by atoms with Crippen molar-refractivity contribution in [1.29, 1.82) is 0 Å². The predicted octanol–water partition coefficient (Wildman–Crippen LogP) is -1.13. The van der Waals surface area contributed by atoms with Crippen LogP contribution >= 0.6 is 0 Å². The number of nitrogens with zero attached hydrogens (tertiary/aromatic N) is 1. The van der Waals surface area contributed by atoms with Crippen LogP contribution in [-0.2, 0) is 11.3 Å². The van der Waals surface area contributed by atoms with Gasteiger partial charge in [0.05, 0.1) is 6.20 Å². The number of hydrogen-bond donors (Lipinski definition) is 3. The molecule has 0 amide bonds. The zero-order valence-corrected chi connectivity index (χ0v) is 5.46. The minimum Gasteiger partial charge on any atom is -0.493 e. The van der Waals surface area contributed by atoms with Crippen LogP contribution < -0.4 is 5.69 Å². The minimum atomic E-state index is -2.41. The smallest absolute Gasteiger partial charge is 0.342 e. The fraction of sp³-hybridized carbons (Fsp3) is 0. The SMILES string of the molecule is O=c1[nH]c(O)cn1S(=O)O. The molecule has 3 N–H and O–H groups in total. The summed E-state index contributed by atoms with van der Waals surface area (Å²) in [5.74, 6) is -0.438. The van der Waals surface area contributed by atoms with Crippen molar-refractivity contribution in [1.82, 2.24) is 8.96 Å². The first kappa shape index (κ1) is 7.03. The lowest BCUT2D eigenvalue weighted by molar-refractivity contribution is 0.455. The summed E-state index contributed by atoms with van der Waals surface area (Å²) >= 11 is -2.41. The van der Waals surface area contributed by atoms with Crippen LogP contribution in [-0.4, -0.2) is 22.8 Å². The van der Waals surface area contributed by atoms with Gasteiger partial charge < -0.3 is 5.11 Å². The highest BCUT2D eigenvalue weighted by Gasteiger charge is 2.04. The highest BCUT2D eigenvalue weighted by atomic mass is 32.2. The number of rotatable bonds is 1. The summed E-state index contributed by atoms with van der Waals surface area (Å²) in [4.78, 5) is 12.4. The molecule has 0 aliphatic heterocycles. The molecule has 7 heteroatoms. The summed E-state index contributed by atoms with van der Waals surface area (Å²) in [5.41, 5.74) is -0.821. The summed E-state index contributed by atoms with van der Waals surface area (Å²) < 4.78 is 19.0. The van der Waals surface area contributed by atoms with E-state index >= 15 is 0 Å².